The van der Waals surface area contributed by atoms with E-state index < -0.39 is 0 Å². The van der Waals surface area contributed by atoms with E-state index >= 15 is 0 Å². The first-order chi connectivity index (χ1) is 8.81. The zero-order valence-electron chi connectivity index (χ0n) is 10.7. The van der Waals surface area contributed by atoms with Crippen molar-refractivity contribution < 1.29 is 0 Å². The van der Waals surface area contributed by atoms with Crippen LogP contribution >= 0.6 is 11.8 Å². The highest BCUT2D eigenvalue weighted by atomic mass is 32.2. The van der Waals surface area contributed by atoms with Gasteiger partial charge in [-0.1, -0.05) is 11.8 Å². The summed E-state index contributed by atoms with van der Waals surface area (Å²) in [5.41, 5.74) is 2.48. The topological polar surface area (TPSA) is 27.6 Å². The lowest BCUT2D eigenvalue weighted by atomic mass is 10.2. The Morgan fingerprint density at radius 2 is 1.94 bits per heavy atom. The van der Waals surface area contributed by atoms with Crippen LogP contribution in [0.3, 0.4) is 0 Å². The van der Waals surface area contributed by atoms with Crippen LogP contribution in [0.4, 0.5) is 11.4 Å². The predicted octanol–water partition coefficient (Wildman–Crippen LogP) is 3.19. The second-order valence-electron chi connectivity index (χ2n) is 4.96. The largest absolute Gasteiger partial charge is 0.372 e. The summed E-state index contributed by atoms with van der Waals surface area (Å²) >= 11 is 1.80. The monoisotopic (exact) mass is 261 g/mol. The van der Waals surface area contributed by atoms with E-state index in [1.807, 2.05) is 0 Å². The molecule has 0 spiro atoms. The first-order valence-corrected chi connectivity index (χ1v) is 7.62. The summed E-state index contributed by atoms with van der Waals surface area (Å²) in [5, 5.41) is 4.44. The number of thioether (sulfide) groups is 1. The van der Waals surface area contributed by atoms with E-state index in [1.54, 1.807) is 11.8 Å². The molecule has 1 N–H and O–H groups in total. The van der Waals surface area contributed by atoms with Crippen molar-refractivity contribution >= 4 is 28.3 Å². The van der Waals surface area contributed by atoms with Gasteiger partial charge in [0, 0.05) is 30.2 Å². The standard InChI is InChI=1S/C14H19N3S/c1-11-10-18-14(15-11)16-12-4-6-13(7-5-12)17-8-2-3-9-17/h4-7,11H,2-3,8-10H2,1H3,(H,15,16). The molecule has 3 nitrogen and oxygen atoms in total. The fourth-order valence-electron chi connectivity index (χ4n) is 2.40. The summed E-state index contributed by atoms with van der Waals surface area (Å²) < 4.78 is 0. The Balaban J connectivity index is 1.65. The average molecular weight is 261 g/mol. The highest BCUT2D eigenvalue weighted by Crippen LogP contribution is 2.24. The van der Waals surface area contributed by atoms with Crippen molar-refractivity contribution in [2.45, 2.75) is 25.8 Å². The second kappa shape index (κ2) is 5.22. The molecule has 1 aromatic carbocycles. The molecule has 0 bridgehead atoms. The SMILES string of the molecule is CC1CSC(Nc2ccc(N3CCCC3)cc2)=N1. The van der Waals surface area contributed by atoms with Gasteiger partial charge >= 0.3 is 0 Å². The maximum absolute atomic E-state index is 4.54. The molecular formula is C14H19N3S. The average Bonchev–Trinajstić information content (AvgIpc) is 3.02. The molecule has 1 atom stereocenters. The Morgan fingerprint density at radius 1 is 1.22 bits per heavy atom. The molecule has 2 heterocycles. The molecule has 3 rings (SSSR count). The van der Waals surface area contributed by atoms with Crippen LogP contribution in [-0.4, -0.2) is 30.1 Å². The van der Waals surface area contributed by atoms with Crippen molar-refractivity contribution in [3.05, 3.63) is 24.3 Å². The first-order valence-electron chi connectivity index (χ1n) is 6.64. The van der Waals surface area contributed by atoms with Gasteiger partial charge in [0.15, 0.2) is 5.17 Å². The summed E-state index contributed by atoms with van der Waals surface area (Å²) in [7, 11) is 0. The van der Waals surface area contributed by atoms with Crippen LogP contribution in [0.2, 0.25) is 0 Å². The molecule has 1 unspecified atom stereocenters. The predicted molar refractivity (Wildman–Crippen MR) is 80.9 cm³/mol. The van der Waals surface area contributed by atoms with Crippen LogP contribution in [0.25, 0.3) is 0 Å². The number of amidine groups is 1. The quantitative estimate of drug-likeness (QED) is 0.886. The number of aliphatic imine (C=N–C) groups is 1. The van der Waals surface area contributed by atoms with E-state index in [0.717, 1.165) is 16.6 Å². The minimum atomic E-state index is 0.446. The minimum Gasteiger partial charge on any atom is -0.372 e. The molecule has 0 radical (unpaired) electrons. The molecule has 0 aliphatic carbocycles. The molecule has 0 amide bonds. The normalized spacial score (nSPS) is 23.3. The van der Waals surface area contributed by atoms with Gasteiger partial charge in [-0.25, -0.2) is 0 Å². The van der Waals surface area contributed by atoms with Gasteiger partial charge in [-0.15, -0.1) is 0 Å². The highest BCUT2D eigenvalue weighted by Gasteiger charge is 2.14. The van der Waals surface area contributed by atoms with E-state index in [2.05, 4.69) is 46.4 Å². The smallest absolute Gasteiger partial charge is 0.161 e. The first kappa shape index (κ1) is 11.9. The minimum absolute atomic E-state index is 0.446. The van der Waals surface area contributed by atoms with Gasteiger partial charge < -0.3 is 10.2 Å². The number of rotatable bonds is 2. The summed E-state index contributed by atoms with van der Waals surface area (Å²) in [6, 6.07) is 9.16. The maximum Gasteiger partial charge on any atom is 0.161 e. The van der Waals surface area contributed by atoms with Crippen molar-refractivity contribution in [2.75, 3.05) is 29.1 Å². The van der Waals surface area contributed by atoms with Gasteiger partial charge in [0.05, 0.1) is 6.04 Å². The number of anilines is 2. The van der Waals surface area contributed by atoms with E-state index in [-0.39, 0.29) is 0 Å². The number of hydrogen-bond acceptors (Lipinski definition) is 4. The summed E-state index contributed by atoms with van der Waals surface area (Å²) in [6.45, 7) is 4.55. The fourth-order valence-corrected chi connectivity index (χ4v) is 3.32. The van der Waals surface area contributed by atoms with Crippen molar-refractivity contribution in [3.63, 3.8) is 0 Å². The molecule has 4 heteroatoms. The molecule has 2 aliphatic heterocycles. The number of benzene rings is 1. The lowest BCUT2D eigenvalue weighted by Gasteiger charge is -2.17. The molecule has 18 heavy (non-hydrogen) atoms. The highest BCUT2D eigenvalue weighted by molar-refractivity contribution is 8.14. The fraction of sp³-hybridized carbons (Fsp3) is 0.500. The molecular weight excluding hydrogens is 242 g/mol. The van der Waals surface area contributed by atoms with Gasteiger partial charge in [-0.3, -0.25) is 4.99 Å². The molecule has 0 aromatic heterocycles. The van der Waals surface area contributed by atoms with Crippen LogP contribution in [0.5, 0.6) is 0 Å². The lowest BCUT2D eigenvalue weighted by molar-refractivity contribution is 0.865. The zero-order valence-corrected chi connectivity index (χ0v) is 11.5. The molecule has 1 aromatic rings. The third-order valence-electron chi connectivity index (χ3n) is 3.39. The Bertz CT molecular complexity index is 435. The molecule has 96 valence electrons. The summed E-state index contributed by atoms with van der Waals surface area (Å²) in [5.74, 6) is 1.09. The van der Waals surface area contributed by atoms with Crippen LogP contribution in [0.15, 0.2) is 29.3 Å². The number of nitrogens with one attached hydrogen (secondary N) is 1. The van der Waals surface area contributed by atoms with Gasteiger partial charge in [0.2, 0.25) is 0 Å². The summed E-state index contributed by atoms with van der Waals surface area (Å²) in [6.07, 6.45) is 2.65. The van der Waals surface area contributed by atoms with Crippen molar-refractivity contribution in [2.24, 2.45) is 4.99 Å². The van der Waals surface area contributed by atoms with Crippen molar-refractivity contribution in [3.8, 4) is 0 Å². The van der Waals surface area contributed by atoms with Gasteiger partial charge in [-0.05, 0) is 44.0 Å². The van der Waals surface area contributed by atoms with Gasteiger partial charge in [0.1, 0.15) is 0 Å². The third kappa shape index (κ3) is 2.64. The van der Waals surface area contributed by atoms with E-state index in [9.17, 15) is 0 Å². The molecule has 1 fully saturated rings. The van der Waals surface area contributed by atoms with Crippen LogP contribution in [-0.2, 0) is 0 Å². The molecule has 0 saturated carbocycles. The lowest BCUT2D eigenvalue weighted by Crippen LogP contribution is -2.17. The third-order valence-corrected chi connectivity index (χ3v) is 4.52. The Kier molecular flexibility index (Phi) is 3.46. The maximum atomic E-state index is 4.54. The second-order valence-corrected chi connectivity index (χ2v) is 5.97. The van der Waals surface area contributed by atoms with Crippen LogP contribution in [0, 0.1) is 0 Å². The molecule has 2 aliphatic rings. The van der Waals surface area contributed by atoms with Crippen molar-refractivity contribution in [1.29, 1.82) is 0 Å². The number of nitrogens with zero attached hydrogens (tertiary/aromatic N) is 2. The Morgan fingerprint density at radius 3 is 2.56 bits per heavy atom. The molecule has 1 saturated heterocycles. The van der Waals surface area contributed by atoms with Crippen LogP contribution in [0.1, 0.15) is 19.8 Å². The van der Waals surface area contributed by atoms with E-state index in [4.69, 9.17) is 0 Å². The van der Waals surface area contributed by atoms with Crippen molar-refractivity contribution in [1.82, 2.24) is 0 Å². The Labute approximate surface area is 113 Å². The van der Waals surface area contributed by atoms with E-state index in [1.165, 1.54) is 31.6 Å². The van der Waals surface area contributed by atoms with Crippen LogP contribution < -0.4 is 10.2 Å². The Hall–Kier alpha value is -1.16. The van der Waals surface area contributed by atoms with Gasteiger partial charge in [0.25, 0.3) is 0 Å². The number of hydrogen-bond donors (Lipinski definition) is 1. The zero-order chi connectivity index (χ0) is 12.4. The summed E-state index contributed by atoms with van der Waals surface area (Å²) in [4.78, 5) is 6.99. The van der Waals surface area contributed by atoms with Gasteiger partial charge in [-0.2, -0.15) is 0 Å². The van der Waals surface area contributed by atoms with E-state index in [0.29, 0.717) is 6.04 Å².